The molecule has 0 saturated carbocycles. The number of aromatic nitrogens is 1. The predicted octanol–water partition coefficient (Wildman–Crippen LogP) is 4.84. The summed E-state index contributed by atoms with van der Waals surface area (Å²) in [5, 5.41) is 11.6. The highest BCUT2D eigenvalue weighted by molar-refractivity contribution is 6.31. The second-order valence-corrected chi connectivity index (χ2v) is 5.91. The number of aromatic amines is 1. The van der Waals surface area contributed by atoms with Crippen LogP contribution in [-0.2, 0) is 0 Å². The van der Waals surface area contributed by atoms with Crippen molar-refractivity contribution in [3.63, 3.8) is 0 Å². The van der Waals surface area contributed by atoms with Crippen LogP contribution in [0.25, 0.3) is 10.9 Å². The molecular weight excluding hydrogens is 284 g/mol. The van der Waals surface area contributed by atoms with E-state index in [-0.39, 0.29) is 5.88 Å². The van der Waals surface area contributed by atoms with E-state index in [9.17, 15) is 5.11 Å². The zero-order valence-electron chi connectivity index (χ0n) is 11.9. The Morgan fingerprint density at radius 2 is 2.24 bits per heavy atom. The molecule has 1 heterocycles. The van der Waals surface area contributed by atoms with Gasteiger partial charge in [0, 0.05) is 23.2 Å². The molecule has 2 aromatic rings. The largest absolute Gasteiger partial charge is 0.494 e. The summed E-state index contributed by atoms with van der Waals surface area (Å²) in [5.74, 6) is 0.146. The molecule has 0 unspecified atom stereocenters. The number of H-pyrrole nitrogens is 1. The van der Waals surface area contributed by atoms with E-state index in [1.54, 1.807) is 12.3 Å². The van der Waals surface area contributed by atoms with Crippen LogP contribution in [0.1, 0.15) is 37.7 Å². The van der Waals surface area contributed by atoms with Crippen LogP contribution in [0.3, 0.4) is 0 Å². The van der Waals surface area contributed by atoms with Crippen LogP contribution in [-0.4, -0.2) is 22.8 Å². The normalized spacial score (nSPS) is 15.8. The summed E-state index contributed by atoms with van der Waals surface area (Å²) in [6, 6.07) is 5.53. The Bertz CT molecular complexity index is 700. The SMILES string of the molecule is Oc1[nH]c2cc(Cl)ccc2c1C=NCCC1=CCCCC1. The summed E-state index contributed by atoms with van der Waals surface area (Å²) in [5.41, 5.74) is 3.09. The van der Waals surface area contributed by atoms with Crippen LogP contribution >= 0.6 is 11.6 Å². The molecule has 0 amide bonds. The molecule has 3 nitrogen and oxygen atoms in total. The number of benzene rings is 1. The minimum atomic E-state index is 0.146. The lowest BCUT2D eigenvalue weighted by molar-refractivity contribution is 0.457. The minimum Gasteiger partial charge on any atom is -0.494 e. The van der Waals surface area contributed by atoms with E-state index in [4.69, 9.17) is 11.6 Å². The van der Waals surface area contributed by atoms with E-state index in [0.29, 0.717) is 5.02 Å². The van der Waals surface area contributed by atoms with Gasteiger partial charge in [-0.05, 0) is 44.2 Å². The van der Waals surface area contributed by atoms with Crippen molar-refractivity contribution in [3.8, 4) is 5.88 Å². The number of hydrogen-bond donors (Lipinski definition) is 2. The third-order valence-corrected chi connectivity index (χ3v) is 4.18. The monoisotopic (exact) mass is 302 g/mol. The van der Waals surface area contributed by atoms with E-state index in [1.165, 1.54) is 31.3 Å². The molecule has 4 heteroatoms. The maximum absolute atomic E-state index is 9.97. The Kier molecular flexibility index (Phi) is 4.30. The van der Waals surface area contributed by atoms with Gasteiger partial charge in [-0.1, -0.05) is 29.3 Å². The smallest absolute Gasteiger partial charge is 0.198 e. The molecule has 1 aromatic carbocycles. The van der Waals surface area contributed by atoms with E-state index in [0.717, 1.165) is 29.4 Å². The summed E-state index contributed by atoms with van der Waals surface area (Å²) in [6.45, 7) is 0.769. The van der Waals surface area contributed by atoms with Gasteiger partial charge in [-0.3, -0.25) is 4.99 Å². The Morgan fingerprint density at radius 3 is 3.05 bits per heavy atom. The molecule has 1 aliphatic carbocycles. The van der Waals surface area contributed by atoms with Crippen molar-refractivity contribution in [1.82, 2.24) is 4.98 Å². The van der Waals surface area contributed by atoms with Gasteiger partial charge >= 0.3 is 0 Å². The first-order valence-corrected chi connectivity index (χ1v) is 7.80. The summed E-state index contributed by atoms with van der Waals surface area (Å²) in [6.07, 6.45) is 10.2. The second-order valence-electron chi connectivity index (χ2n) is 5.47. The molecule has 1 aromatic heterocycles. The van der Waals surface area contributed by atoms with Gasteiger partial charge < -0.3 is 10.1 Å². The highest BCUT2D eigenvalue weighted by atomic mass is 35.5. The lowest BCUT2D eigenvalue weighted by atomic mass is 9.97. The highest BCUT2D eigenvalue weighted by Crippen LogP contribution is 2.28. The van der Waals surface area contributed by atoms with Crippen LogP contribution < -0.4 is 0 Å². The van der Waals surface area contributed by atoms with Crippen molar-refractivity contribution in [2.45, 2.75) is 32.1 Å². The van der Waals surface area contributed by atoms with E-state index in [1.807, 2.05) is 12.1 Å². The first-order valence-electron chi connectivity index (χ1n) is 7.42. The first kappa shape index (κ1) is 14.2. The van der Waals surface area contributed by atoms with E-state index < -0.39 is 0 Å². The van der Waals surface area contributed by atoms with Crippen LogP contribution in [0, 0.1) is 0 Å². The number of rotatable bonds is 4. The van der Waals surface area contributed by atoms with Gasteiger partial charge in [-0.15, -0.1) is 0 Å². The molecule has 110 valence electrons. The van der Waals surface area contributed by atoms with Crippen molar-refractivity contribution in [2.24, 2.45) is 4.99 Å². The van der Waals surface area contributed by atoms with E-state index in [2.05, 4.69) is 16.1 Å². The lowest BCUT2D eigenvalue weighted by Crippen LogP contribution is -1.94. The first-order chi connectivity index (χ1) is 10.2. The fourth-order valence-electron chi connectivity index (χ4n) is 2.80. The molecule has 0 atom stereocenters. The molecule has 3 rings (SSSR count). The molecule has 0 spiro atoms. The molecule has 1 aliphatic rings. The van der Waals surface area contributed by atoms with Gasteiger partial charge in [-0.2, -0.15) is 0 Å². The Balaban J connectivity index is 1.71. The van der Waals surface area contributed by atoms with Crippen LogP contribution in [0.15, 0.2) is 34.8 Å². The van der Waals surface area contributed by atoms with Gasteiger partial charge in [-0.25, -0.2) is 0 Å². The standard InChI is InChI=1S/C17H19ClN2O/c18-13-6-7-14-15(17(21)20-16(14)10-13)11-19-9-8-12-4-2-1-3-5-12/h4,6-7,10-11,20-21H,1-3,5,8-9H2. The van der Waals surface area contributed by atoms with Crippen molar-refractivity contribution >= 4 is 28.7 Å². The molecule has 0 saturated heterocycles. The van der Waals surface area contributed by atoms with Crippen molar-refractivity contribution in [1.29, 1.82) is 0 Å². The van der Waals surface area contributed by atoms with Crippen LogP contribution in [0.5, 0.6) is 5.88 Å². The maximum atomic E-state index is 9.97. The van der Waals surface area contributed by atoms with Crippen molar-refractivity contribution < 1.29 is 5.11 Å². The van der Waals surface area contributed by atoms with Crippen molar-refractivity contribution in [3.05, 3.63) is 40.4 Å². The lowest BCUT2D eigenvalue weighted by Gasteiger charge is -2.10. The Labute approximate surface area is 129 Å². The molecular formula is C17H19ClN2O. The van der Waals surface area contributed by atoms with Crippen LogP contribution in [0.2, 0.25) is 5.02 Å². The summed E-state index contributed by atoms with van der Waals surface area (Å²) < 4.78 is 0. The molecule has 0 bridgehead atoms. The maximum Gasteiger partial charge on any atom is 0.198 e. The third kappa shape index (κ3) is 3.30. The molecule has 21 heavy (non-hydrogen) atoms. The number of nitrogens with one attached hydrogen (secondary N) is 1. The Morgan fingerprint density at radius 1 is 1.33 bits per heavy atom. The second kappa shape index (κ2) is 6.35. The minimum absolute atomic E-state index is 0.146. The number of hydrogen-bond acceptors (Lipinski definition) is 2. The average Bonchev–Trinajstić information content (AvgIpc) is 2.79. The van der Waals surface area contributed by atoms with Gasteiger partial charge in [0.1, 0.15) is 0 Å². The van der Waals surface area contributed by atoms with E-state index >= 15 is 0 Å². The summed E-state index contributed by atoms with van der Waals surface area (Å²) in [4.78, 5) is 7.39. The van der Waals surface area contributed by atoms with Crippen LogP contribution in [0.4, 0.5) is 0 Å². The van der Waals surface area contributed by atoms with Gasteiger partial charge in [0.2, 0.25) is 0 Å². The predicted molar refractivity (Wildman–Crippen MR) is 88.6 cm³/mol. The number of halogens is 1. The van der Waals surface area contributed by atoms with Gasteiger partial charge in [0.25, 0.3) is 0 Å². The highest BCUT2D eigenvalue weighted by Gasteiger charge is 2.09. The fraction of sp³-hybridized carbons (Fsp3) is 0.353. The average molecular weight is 303 g/mol. The topological polar surface area (TPSA) is 48.4 Å². The zero-order chi connectivity index (χ0) is 14.7. The molecule has 0 fully saturated rings. The summed E-state index contributed by atoms with van der Waals surface area (Å²) in [7, 11) is 0. The van der Waals surface area contributed by atoms with Gasteiger partial charge in [0.05, 0.1) is 11.1 Å². The number of allylic oxidation sites excluding steroid dienone is 1. The molecule has 2 N–H and O–H groups in total. The Hall–Kier alpha value is -1.74. The number of aliphatic imine (C=N–C) groups is 1. The summed E-state index contributed by atoms with van der Waals surface area (Å²) >= 11 is 5.95. The number of nitrogens with zero attached hydrogens (tertiary/aromatic N) is 1. The number of fused-ring (bicyclic) bond motifs is 1. The zero-order valence-corrected chi connectivity index (χ0v) is 12.7. The third-order valence-electron chi connectivity index (χ3n) is 3.95. The molecule has 0 aliphatic heterocycles. The van der Waals surface area contributed by atoms with Crippen molar-refractivity contribution in [2.75, 3.05) is 6.54 Å². The fourth-order valence-corrected chi connectivity index (χ4v) is 2.98. The molecule has 0 radical (unpaired) electrons. The van der Waals surface area contributed by atoms with Gasteiger partial charge in [0.15, 0.2) is 5.88 Å². The number of aromatic hydroxyl groups is 1. The quantitative estimate of drug-likeness (QED) is 0.616.